The summed E-state index contributed by atoms with van der Waals surface area (Å²) in [6.45, 7) is 5.73. The van der Waals surface area contributed by atoms with E-state index in [1.54, 1.807) is 7.11 Å². The Morgan fingerprint density at radius 1 is 1.17 bits per heavy atom. The molecule has 0 bridgehead atoms. The van der Waals surface area contributed by atoms with E-state index in [1.165, 1.54) is 12.8 Å². The molecule has 1 aliphatic rings. The maximum Gasteiger partial charge on any atom is 0.120 e. The topological polar surface area (TPSA) is 41.7 Å². The molecule has 1 fully saturated rings. The molecule has 2 aromatic rings. The molecule has 24 heavy (non-hydrogen) atoms. The first-order valence-electron chi connectivity index (χ1n) is 8.64. The van der Waals surface area contributed by atoms with Crippen LogP contribution in [0, 0.1) is 0 Å². The van der Waals surface area contributed by atoms with Gasteiger partial charge in [0.05, 0.1) is 13.3 Å². The number of likely N-dealkylation sites (tertiary alicyclic amines) is 1. The summed E-state index contributed by atoms with van der Waals surface area (Å²) in [5.41, 5.74) is 8.94. The quantitative estimate of drug-likeness (QED) is 0.835. The van der Waals surface area contributed by atoms with Crippen LogP contribution in [0.5, 0.6) is 5.75 Å². The average Bonchev–Trinajstić information content (AvgIpc) is 3.03. The molecule has 0 amide bonds. The lowest BCUT2D eigenvalue weighted by molar-refractivity contribution is 0.206. The zero-order chi connectivity index (χ0) is 17.1. The SMILES string of the molecule is COc1cccc(N(c2ccc(N)cc2)C(C)N2CCCC2C)c1. The van der Waals surface area contributed by atoms with E-state index in [0.717, 1.165) is 29.4 Å². The monoisotopic (exact) mass is 325 g/mol. The van der Waals surface area contributed by atoms with Crippen molar-refractivity contribution in [1.29, 1.82) is 0 Å². The van der Waals surface area contributed by atoms with Crippen LogP contribution in [0.3, 0.4) is 0 Å². The number of methoxy groups -OCH3 is 1. The van der Waals surface area contributed by atoms with Crippen molar-refractivity contribution in [2.24, 2.45) is 0 Å². The van der Waals surface area contributed by atoms with E-state index in [9.17, 15) is 0 Å². The summed E-state index contributed by atoms with van der Waals surface area (Å²) >= 11 is 0. The third kappa shape index (κ3) is 3.34. The molecule has 0 spiro atoms. The van der Waals surface area contributed by atoms with Crippen LogP contribution in [0.2, 0.25) is 0 Å². The van der Waals surface area contributed by atoms with Crippen LogP contribution >= 0.6 is 0 Å². The lowest BCUT2D eigenvalue weighted by Gasteiger charge is -2.39. The highest BCUT2D eigenvalue weighted by atomic mass is 16.5. The second kappa shape index (κ2) is 7.14. The number of ether oxygens (including phenoxy) is 1. The summed E-state index contributed by atoms with van der Waals surface area (Å²) in [4.78, 5) is 4.93. The summed E-state index contributed by atoms with van der Waals surface area (Å²) in [6.07, 6.45) is 2.79. The molecule has 0 radical (unpaired) electrons. The van der Waals surface area contributed by atoms with Crippen molar-refractivity contribution in [3.05, 3.63) is 48.5 Å². The second-order valence-corrected chi connectivity index (χ2v) is 6.52. The van der Waals surface area contributed by atoms with Crippen LogP contribution in [0.1, 0.15) is 26.7 Å². The van der Waals surface area contributed by atoms with Gasteiger partial charge in [-0.05, 0) is 63.1 Å². The Morgan fingerprint density at radius 3 is 2.54 bits per heavy atom. The van der Waals surface area contributed by atoms with Gasteiger partial charge in [-0.3, -0.25) is 4.90 Å². The van der Waals surface area contributed by atoms with Gasteiger partial charge in [-0.15, -0.1) is 0 Å². The number of nitrogen functional groups attached to an aromatic ring is 1. The molecule has 1 aliphatic heterocycles. The normalized spacial score (nSPS) is 19.2. The van der Waals surface area contributed by atoms with Crippen molar-refractivity contribution >= 4 is 17.1 Å². The molecule has 1 saturated heterocycles. The van der Waals surface area contributed by atoms with Crippen LogP contribution in [0.15, 0.2) is 48.5 Å². The molecule has 0 saturated carbocycles. The minimum atomic E-state index is 0.262. The summed E-state index contributed by atoms with van der Waals surface area (Å²) in [7, 11) is 1.71. The van der Waals surface area contributed by atoms with Gasteiger partial charge in [0.25, 0.3) is 0 Å². The minimum Gasteiger partial charge on any atom is -0.497 e. The Labute approximate surface area is 144 Å². The van der Waals surface area contributed by atoms with Gasteiger partial charge in [0.1, 0.15) is 5.75 Å². The number of nitrogens with zero attached hydrogens (tertiary/aromatic N) is 2. The largest absolute Gasteiger partial charge is 0.497 e. The minimum absolute atomic E-state index is 0.262. The summed E-state index contributed by atoms with van der Waals surface area (Å²) in [6, 6.07) is 16.9. The van der Waals surface area contributed by atoms with Gasteiger partial charge >= 0.3 is 0 Å². The van der Waals surface area contributed by atoms with Gasteiger partial charge in [-0.1, -0.05) is 6.07 Å². The van der Waals surface area contributed by atoms with E-state index >= 15 is 0 Å². The highest BCUT2D eigenvalue weighted by Crippen LogP contribution is 2.34. The average molecular weight is 325 g/mol. The first kappa shape index (κ1) is 16.7. The second-order valence-electron chi connectivity index (χ2n) is 6.52. The summed E-state index contributed by atoms with van der Waals surface area (Å²) in [5, 5.41) is 0. The molecule has 4 heteroatoms. The van der Waals surface area contributed by atoms with Crippen molar-refractivity contribution < 1.29 is 4.74 Å². The molecule has 128 valence electrons. The molecule has 3 rings (SSSR count). The lowest BCUT2D eigenvalue weighted by Crippen LogP contribution is -2.46. The third-order valence-electron chi connectivity index (χ3n) is 4.96. The predicted octanol–water partition coefficient (Wildman–Crippen LogP) is 4.25. The molecule has 0 aromatic heterocycles. The maximum atomic E-state index is 5.88. The van der Waals surface area contributed by atoms with Crippen molar-refractivity contribution in [3.8, 4) is 5.75 Å². The van der Waals surface area contributed by atoms with Gasteiger partial charge in [0, 0.05) is 35.7 Å². The number of hydrogen-bond donors (Lipinski definition) is 1. The van der Waals surface area contributed by atoms with Crippen LogP contribution in [0.4, 0.5) is 17.1 Å². The van der Waals surface area contributed by atoms with E-state index in [1.807, 2.05) is 24.3 Å². The summed E-state index contributed by atoms with van der Waals surface area (Å²) < 4.78 is 5.43. The molecule has 2 N–H and O–H groups in total. The molecular formula is C20H27N3O. The lowest BCUT2D eigenvalue weighted by atomic mass is 10.2. The number of rotatable bonds is 5. The smallest absolute Gasteiger partial charge is 0.120 e. The van der Waals surface area contributed by atoms with Gasteiger partial charge in [-0.25, -0.2) is 0 Å². The van der Waals surface area contributed by atoms with Crippen LogP contribution in [-0.4, -0.2) is 30.8 Å². The first-order valence-corrected chi connectivity index (χ1v) is 8.64. The molecule has 0 aliphatic carbocycles. The van der Waals surface area contributed by atoms with Crippen molar-refractivity contribution in [2.45, 2.75) is 38.9 Å². The van der Waals surface area contributed by atoms with Crippen molar-refractivity contribution in [1.82, 2.24) is 4.90 Å². The Bertz CT molecular complexity index is 671. The Hall–Kier alpha value is -2.20. The number of benzene rings is 2. The van der Waals surface area contributed by atoms with E-state index < -0.39 is 0 Å². The predicted molar refractivity (Wildman–Crippen MR) is 101 cm³/mol. The third-order valence-corrected chi connectivity index (χ3v) is 4.96. The van der Waals surface area contributed by atoms with Gasteiger partial charge < -0.3 is 15.4 Å². The Kier molecular flexibility index (Phi) is 4.95. The van der Waals surface area contributed by atoms with E-state index in [4.69, 9.17) is 10.5 Å². The maximum absolute atomic E-state index is 5.88. The highest BCUT2D eigenvalue weighted by molar-refractivity contribution is 5.67. The Balaban J connectivity index is 2.01. The Morgan fingerprint density at radius 2 is 1.92 bits per heavy atom. The zero-order valence-electron chi connectivity index (χ0n) is 14.8. The van der Waals surface area contributed by atoms with E-state index in [-0.39, 0.29) is 6.17 Å². The van der Waals surface area contributed by atoms with Gasteiger partial charge in [0.2, 0.25) is 0 Å². The van der Waals surface area contributed by atoms with Crippen LogP contribution in [0.25, 0.3) is 0 Å². The van der Waals surface area contributed by atoms with Crippen molar-refractivity contribution in [2.75, 3.05) is 24.3 Å². The number of nitrogens with two attached hydrogens (primary N) is 1. The highest BCUT2D eigenvalue weighted by Gasteiger charge is 2.30. The fourth-order valence-corrected chi connectivity index (χ4v) is 3.63. The molecule has 2 atom stereocenters. The fourth-order valence-electron chi connectivity index (χ4n) is 3.63. The van der Waals surface area contributed by atoms with Gasteiger partial charge in [0.15, 0.2) is 0 Å². The van der Waals surface area contributed by atoms with Gasteiger partial charge in [-0.2, -0.15) is 0 Å². The molecular weight excluding hydrogens is 298 g/mol. The van der Waals surface area contributed by atoms with E-state index in [2.05, 4.69) is 47.9 Å². The molecule has 2 unspecified atom stereocenters. The number of anilines is 3. The molecule has 2 aromatic carbocycles. The van der Waals surface area contributed by atoms with Crippen LogP contribution < -0.4 is 15.4 Å². The number of hydrogen-bond acceptors (Lipinski definition) is 4. The first-order chi connectivity index (χ1) is 11.6. The zero-order valence-corrected chi connectivity index (χ0v) is 14.8. The standard InChI is InChI=1S/C20H27N3O/c1-15-6-5-13-22(15)16(2)23(18-11-9-17(21)10-12-18)19-7-4-8-20(14-19)24-3/h4,7-12,14-16H,5-6,13,21H2,1-3H3. The summed E-state index contributed by atoms with van der Waals surface area (Å²) in [5.74, 6) is 0.870. The van der Waals surface area contributed by atoms with Crippen LogP contribution in [-0.2, 0) is 0 Å². The molecule has 1 heterocycles. The van der Waals surface area contributed by atoms with Crippen molar-refractivity contribution in [3.63, 3.8) is 0 Å². The molecule has 4 nitrogen and oxygen atoms in total. The fraction of sp³-hybridized carbons (Fsp3) is 0.400. The van der Waals surface area contributed by atoms with E-state index in [0.29, 0.717) is 6.04 Å².